The van der Waals surface area contributed by atoms with Crippen LogP contribution in [0.1, 0.15) is 57.1 Å². The van der Waals surface area contributed by atoms with Gasteiger partial charge in [-0.05, 0) is 55.7 Å². The van der Waals surface area contributed by atoms with Crippen molar-refractivity contribution in [2.24, 2.45) is 5.73 Å². The van der Waals surface area contributed by atoms with Crippen molar-refractivity contribution in [3.63, 3.8) is 0 Å². The lowest BCUT2D eigenvalue weighted by molar-refractivity contribution is -0.145. The Hall–Kier alpha value is -1.61. The van der Waals surface area contributed by atoms with E-state index < -0.39 is 11.5 Å². The van der Waals surface area contributed by atoms with Gasteiger partial charge in [0.05, 0.1) is 0 Å². The molecular weight excluding hydrogens is 262 g/mol. The van der Waals surface area contributed by atoms with Gasteiger partial charge in [-0.3, -0.25) is 4.79 Å². The largest absolute Gasteiger partial charge is 0.480 e. The molecule has 0 amide bonds. The number of allylic oxidation sites excluding steroid dienone is 2. The Morgan fingerprint density at radius 1 is 1.24 bits per heavy atom. The fourth-order valence-corrected chi connectivity index (χ4v) is 4.29. The first-order chi connectivity index (χ1) is 9.94. The van der Waals surface area contributed by atoms with Gasteiger partial charge in [-0.25, -0.2) is 0 Å². The molecule has 3 nitrogen and oxygen atoms in total. The molecule has 0 aromatic heterocycles. The molecule has 0 saturated heterocycles. The summed E-state index contributed by atoms with van der Waals surface area (Å²) in [6, 6.07) is 8.60. The molecule has 1 spiro atoms. The van der Waals surface area contributed by atoms with E-state index in [1.807, 2.05) is 0 Å². The Balaban J connectivity index is 2.04. The molecule has 0 heterocycles. The lowest BCUT2D eigenvalue weighted by Gasteiger charge is -2.42. The molecule has 0 unspecified atom stereocenters. The van der Waals surface area contributed by atoms with E-state index in [9.17, 15) is 9.90 Å². The quantitative estimate of drug-likeness (QED) is 0.874. The smallest absolute Gasteiger partial charge is 0.323 e. The fraction of sp³-hybridized carbons (Fsp3) is 0.500. The van der Waals surface area contributed by atoms with Crippen LogP contribution in [0.15, 0.2) is 29.8 Å². The lowest BCUT2D eigenvalue weighted by Crippen LogP contribution is -2.53. The third kappa shape index (κ3) is 1.87. The van der Waals surface area contributed by atoms with Crippen molar-refractivity contribution < 1.29 is 9.90 Å². The molecule has 1 aromatic rings. The minimum absolute atomic E-state index is 0.0141. The topological polar surface area (TPSA) is 63.3 Å². The zero-order valence-corrected chi connectivity index (χ0v) is 12.8. The van der Waals surface area contributed by atoms with Crippen molar-refractivity contribution in [1.82, 2.24) is 0 Å². The highest BCUT2D eigenvalue weighted by atomic mass is 16.4. The van der Waals surface area contributed by atoms with Gasteiger partial charge in [-0.2, -0.15) is 0 Å². The molecule has 0 bridgehead atoms. The average molecular weight is 285 g/mol. The second kappa shape index (κ2) is 4.70. The molecule has 3 heteroatoms. The summed E-state index contributed by atoms with van der Waals surface area (Å²) in [4.78, 5) is 11.4. The van der Waals surface area contributed by atoms with Crippen LogP contribution in [0.5, 0.6) is 0 Å². The summed E-state index contributed by atoms with van der Waals surface area (Å²) in [7, 11) is 0. The Kier molecular flexibility index (Phi) is 3.21. The SMILES string of the molecule is CCC1=C(C)C2(CCC(N)(C(=O)O)CC2)c2ccccc21. The van der Waals surface area contributed by atoms with Crippen LogP contribution in [0.4, 0.5) is 0 Å². The molecule has 21 heavy (non-hydrogen) atoms. The maximum absolute atomic E-state index is 11.4. The van der Waals surface area contributed by atoms with Gasteiger partial charge in [0.1, 0.15) is 5.54 Å². The predicted molar refractivity (Wildman–Crippen MR) is 84.0 cm³/mol. The van der Waals surface area contributed by atoms with Crippen LogP contribution < -0.4 is 5.73 Å². The van der Waals surface area contributed by atoms with Gasteiger partial charge in [0.15, 0.2) is 0 Å². The molecule has 1 aromatic carbocycles. The van der Waals surface area contributed by atoms with E-state index in [4.69, 9.17) is 5.73 Å². The number of carboxylic acids is 1. The van der Waals surface area contributed by atoms with Crippen LogP contribution in [0.2, 0.25) is 0 Å². The van der Waals surface area contributed by atoms with E-state index in [1.165, 1.54) is 22.3 Å². The number of fused-ring (bicyclic) bond motifs is 2. The van der Waals surface area contributed by atoms with Gasteiger partial charge >= 0.3 is 5.97 Å². The standard InChI is InChI=1S/C18H23NO2/c1-3-13-12(2)17(15-7-5-4-6-14(13)15)8-10-18(19,11-9-17)16(20)21/h4-7H,3,8-11,19H2,1-2H3,(H,20,21). The summed E-state index contributed by atoms with van der Waals surface area (Å²) in [5.41, 5.74) is 10.6. The molecule has 2 aliphatic carbocycles. The number of carbonyl (C=O) groups is 1. The summed E-state index contributed by atoms with van der Waals surface area (Å²) in [5, 5.41) is 9.35. The van der Waals surface area contributed by atoms with Crippen molar-refractivity contribution in [3.05, 3.63) is 41.0 Å². The number of carboxylic acid groups (broad SMARTS) is 1. The van der Waals surface area contributed by atoms with Crippen molar-refractivity contribution >= 4 is 11.5 Å². The average Bonchev–Trinajstić information content (AvgIpc) is 2.71. The van der Waals surface area contributed by atoms with E-state index in [1.54, 1.807) is 0 Å². The monoisotopic (exact) mass is 285 g/mol. The Bertz CT molecular complexity index is 622. The molecule has 112 valence electrons. The number of benzene rings is 1. The summed E-state index contributed by atoms with van der Waals surface area (Å²) in [6.07, 6.45) is 3.79. The molecule has 3 rings (SSSR count). The molecule has 1 saturated carbocycles. The summed E-state index contributed by atoms with van der Waals surface area (Å²) in [5.74, 6) is -0.860. The molecule has 0 atom stereocenters. The fourth-order valence-electron chi connectivity index (χ4n) is 4.29. The van der Waals surface area contributed by atoms with E-state index in [-0.39, 0.29) is 5.41 Å². The van der Waals surface area contributed by atoms with Crippen LogP contribution in [-0.4, -0.2) is 16.6 Å². The van der Waals surface area contributed by atoms with Crippen molar-refractivity contribution in [3.8, 4) is 0 Å². The van der Waals surface area contributed by atoms with Gasteiger partial charge in [0.2, 0.25) is 0 Å². The maximum atomic E-state index is 11.4. The first-order valence-electron chi connectivity index (χ1n) is 7.77. The number of hydrogen-bond donors (Lipinski definition) is 2. The molecule has 2 aliphatic rings. The third-order valence-electron chi connectivity index (χ3n) is 5.71. The van der Waals surface area contributed by atoms with E-state index in [0.717, 1.165) is 19.3 Å². The molecular formula is C18H23NO2. The zero-order chi connectivity index (χ0) is 15.3. The number of rotatable bonds is 2. The molecule has 1 fully saturated rings. The van der Waals surface area contributed by atoms with Crippen LogP contribution in [0, 0.1) is 0 Å². The zero-order valence-electron chi connectivity index (χ0n) is 12.8. The molecule has 0 aliphatic heterocycles. The molecule has 0 radical (unpaired) electrons. The highest BCUT2D eigenvalue weighted by Crippen LogP contribution is 2.55. The Labute approximate surface area is 125 Å². The van der Waals surface area contributed by atoms with Crippen LogP contribution in [0.25, 0.3) is 5.57 Å². The van der Waals surface area contributed by atoms with E-state index in [0.29, 0.717) is 12.8 Å². The van der Waals surface area contributed by atoms with E-state index in [2.05, 4.69) is 38.1 Å². The maximum Gasteiger partial charge on any atom is 0.323 e. The first kappa shape index (κ1) is 14.3. The van der Waals surface area contributed by atoms with Gasteiger partial charge in [0.25, 0.3) is 0 Å². The summed E-state index contributed by atoms with van der Waals surface area (Å²) in [6.45, 7) is 4.42. The van der Waals surface area contributed by atoms with Crippen LogP contribution >= 0.6 is 0 Å². The Morgan fingerprint density at radius 2 is 1.86 bits per heavy atom. The molecule has 3 N–H and O–H groups in total. The van der Waals surface area contributed by atoms with Crippen molar-refractivity contribution in [2.75, 3.05) is 0 Å². The highest BCUT2D eigenvalue weighted by Gasteiger charge is 2.49. The second-order valence-corrected chi connectivity index (χ2v) is 6.55. The minimum Gasteiger partial charge on any atom is -0.480 e. The number of hydrogen-bond acceptors (Lipinski definition) is 2. The van der Waals surface area contributed by atoms with E-state index >= 15 is 0 Å². The van der Waals surface area contributed by atoms with Crippen LogP contribution in [-0.2, 0) is 10.2 Å². The van der Waals surface area contributed by atoms with Crippen molar-refractivity contribution in [2.45, 2.75) is 56.9 Å². The van der Waals surface area contributed by atoms with Gasteiger partial charge in [0, 0.05) is 5.41 Å². The van der Waals surface area contributed by atoms with Gasteiger partial charge < -0.3 is 10.8 Å². The third-order valence-corrected chi connectivity index (χ3v) is 5.71. The second-order valence-electron chi connectivity index (χ2n) is 6.55. The lowest BCUT2D eigenvalue weighted by atomic mass is 9.63. The van der Waals surface area contributed by atoms with Gasteiger partial charge in [-0.1, -0.05) is 36.8 Å². The summed E-state index contributed by atoms with van der Waals surface area (Å²) < 4.78 is 0. The first-order valence-corrected chi connectivity index (χ1v) is 7.77. The summed E-state index contributed by atoms with van der Waals surface area (Å²) >= 11 is 0. The Morgan fingerprint density at radius 3 is 2.43 bits per heavy atom. The van der Waals surface area contributed by atoms with Gasteiger partial charge in [-0.15, -0.1) is 0 Å². The predicted octanol–water partition coefficient (Wildman–Crippen LogP) is 3.48. The normalized spacial score (nSPS) is 31.6. The minimum atomic E-state index is -1.05. The highest BCUT2D eigenvalue weighted by molar-refractivity contribution is 5.82. The number of aliphatic carboxylic acids is 1. The van der Waals surface area contributed by atoms with Crippen molar-refractivity contribution in [1.29, 1.82) is 0 Å². The van der Waals surface area contributed by atoms with Crippen LogP contribution in [0.3, 0.4) is 0 Å². The number of nitrogens with two attached hydrogens (primary N) is 1.